The van der Waals surface area contributed by atoms with Crippen molar-refractivity contribution in [2.24, 2.45) is 0 Å². The van der Waals surface area contributed by atoms with E-state index < -0.39 is 4.92 Å². The van der Waals surface area contributed by atoms with Gasteiger partial charge in [-0.25, -0.2) is 9.97 Å². The molecule has 2 rings (SSSR count). The number of aryl methyl sites for hydroxylation is 1. The zero-order chi connectivity index (χ0) is 14.9. The molecule has 0 fully saturated rings. The molecule has 0 aliphatic carbocycles. The second-order valence-electron chi connectivity index (χ2n) is 4.21. The predicted molar refractivity (Wildman–Crippen MR) is 75.2 cm³/mol. The number of methoxy groups -OCH3 is 1. The number of halogens is 1. The number of hydrogen-bond donors (Lipinski definition) is 0. The first-order chi connectivity index (χ1) is 9.47. The van der Waals surface area contributed by atoms with Crippen molar-refractivity contribution in [2.75, 3.05) is 7.11 Å². The molecule has 20 heavy (non-hydrogen) atoms. The third-order valence-electron chi connectivity index (χ3n) is 3.10. The molecule has 0 radical (unpaired) electrons. The van der Waals surface area contributed by atoms with E-state index in [-0.39, 0.29) is 16.5 Å². The van der Waals surface area contributed by atoms with Crippen LogP contribution in [0.1, 0.15) is 11.1 Å². The molecule has 1 aromatic heterocycles. The molecule has 0 saturated carbocycles. The first kappa shape index (κ1) is 14.2. The van der Waals surface area contributed by atoms with Gasteiger partial charge in [0, 0.05) is 5.56 Å². The fourth-order valence-corrected chi connectivity index (χ4v) is 2.16. The molecule has 0 saturated heterocycles. The molecule has 0 spiro atoms. The van der Waals surface area contributed by atoms with Gasteiger partial charge in [0.2, 0.25) is 5.15 Å². The summed E-state index contributed by atoms with van der Waals surface area (Å²) in [5, 5.41) is 11.0. The number of rotatable bonds is 3. The summed E-state index contributed by atoms with van der Waals surface area (Å²) in [6, 6.07) is 3.58. The van der Waals surface area contributed by atoms with Crippen molar-refractivity contribution in [3.05, 3.63) is 44.9 Å². The molecule has 1 aromatic carbocycles. The van der Waals surface area contributed by atoms with Crippen LogP contribution in [-0.4, -0.2) is 22.0 Å². The third kappa shape index (κ3) is 2.30. The van der Waals surface area contributed by atoms with E-state index in [1.807, 2.05) is 19.9 Å². The van der Waals surface area contributed by atoms with Gasteiger partial charge in [-0.3, -0.25) is 10.1 Å². The van der Waals surface area contributed by atoms with Crippen molar-refractivity contribution >= 4 is 17.3 Å². The van der Waals surface area contributed by atoms with Crippen LogP contribution in [0.15, 0.2) is 18.5 Å². The van der Waals surface area contributed by atoms with E-state index in [1.54, 1.807) is 6.07 Å². The molecule has 0 aliphatic rings. The second-order valence-corrected chi connectivity index (χ2v) is 4.57. The van der Waals surface area contributed by atoms with E-state index in [2.05, 4.69) is 9.97 Å². The highest BCUT2D eigenvalue weighted by Crippen LogP contribution is 2.39. The Balaban J connectivity index is 2.79. The second kappa shape index (κ2) is 5.42. The molecule has 7 heteroatoms. The predicted octanol–water partition coefficient (Wildman–Crippen LogP) is 3.33. The molecule has 0 amide bonds. The third-order valence-corrected chi connectivity index (χ3v) is 3.37. The van der Waals surface area contributed by atoms with Gasteiger partial charge in [0.25, 0.3) is 0 Å². The molecule has 104 valence electrons. The Morgan fingerprint density at radius 2 is 2.00 bits per heavy atom. The number of nitrogens with zero attached hydrogens (tertiary/aromatic N) is 3. The molecule has 2 aromatic rings. The van der Waals surface area contributed by atoms with Gasteiger partial charge in [-0.2, -0.15) is 0 Å². The Morgan fingerprint density at radius 3 is 2.60 bits per heavy atom. The highest BCUT2D eigenvalue weighted by atomic mass is 35.5. The summed E-state index contributed by atoms with van der Waals surface area (Å²) in [5.41, 5.74) is 2.26. The van der Waals surface area contributed by atoms with E-state index in [0.717, 1.165) is 11.1 Å². The average Bonchev–Trinajstić information content (AvgIpc) is 2.41. The highest BCUT2D eigenvalue weighted by molar-refractivity contribution is 6.31. The van der Waals surface area contributed by atoms with Crippen molar-refractivity contribution in [3.8, 4) is 17.0 Å². The van der Waals surface area contributed by atoms with Crippen LogP contribution >= 0.6 is 11.6 Å². The Kier molecular flexibility index (Phi) is 3.85. The van der Waals surface area contributed by atoms with E-state index in [1.165, 1.54) is 13.4 Å². The lowest BCUT2D eigenvalue weighted by Crippen LogP contribution is -2.00. The maximum Gasteiger partial charge on any atom is 0.332 e. The molecule has 0 atom stereocenters. The summed E-state index contributed by atoms with van der Waals surface area (Å²) in [4.78, 5) is 18.2. The Hall–Kier alpha value is -2.21. The SMILES string of the molecule is COc1c(-c2ncnc(Cl)c2[N+](=O)[O-])ccc(C)c1C. The number of aromatic nitrogens is 2. The largest absolute Gasteiger partial charge is 0.496 e. The summed E-state index contributed by atoms with van der Waals surface area (Å²) in [6.07, 6.45) is 1.19. The first-order valence-corrected chi connectivity index (χ1v) is 6.14. The summed E-state index contributed by atoms with van der Waals surface area (Å²) in [7, 11) is 1.51. The Labute approximate surface area is 120 Å². The average molecular weight is 294 g/mol. The minimum atomic E-state index is -0.591. The van der Waals surface area contributed by atoms with Gasteiger partial charge in [0.1, 0.15) is 12.1 Å². The number of nitro groups is 1. The zero-order valence-corrected chi connectivity index (χ0v) is 11.9. The lowest BCUT2D eigenvalue weighted by Gasteiger charge is -2.13. The van der Waals surface area contributed by atoms with Gasteiger partial charge in [-0.15, -0.1) is 0 Å². The van der Waals surface area contributed by atoms with Gasteiger partial charge in [-0.05, 0) is 31.0 Å². The first-order valence-electron chi connectivity index (χ1n) is 5.76. The van der Waals surface area contributed by atoms with Gasteiger partial charge < -0.3 is 4.74 Å². The van der Waals surface area contributed by atoms with Gasteiger partial charge in [0.05, 0.1) is 12.0 Å². The lowest BCUT2D eigenvalue weighted by molar-refractivity contribution is -0.384. The summed E-state index contributed by atoms with van der Waals surface area (Å²) < 4.78 is 5.36. The summed E-state index contributed by atoms with van der Waals surface area (Å²) >= 11 is 5.81. The smallest absolute Gasteiger partial charge is 0.332 e. The maximum atomic E-state index is 11.2. The van der Waals surface area contributed by atoms with Crippen molar-refractivity contribution in [3.63, 3.8) is 0 Å². The van der Waals surface area contributed by atoms with Crippen LogP contribution in [0.5, 0.6) is 5.75 Å². The molecular weight excluding hydrogens is 282 g/mol. The van der Waals surface area contributed by atoms with Crippen LogP contribution in [0.3, 0.4) is 0 Å². The summed E-state index contributed by atoms with van der Waals surface area (Å²) in [6.45, 7) is 3.81. The van der Waals surface area contributed by atoms with Crippen LogP contribution in [0.2, 0.25) is 5.15 Å². The van der Waals surface area contributed by atoms with Crippen LogP contribution in [0.4, 0.5) is 5.69 Å². The van der Waals surface area contributed by atoms with Crippen LogP contribution in [0.25, 0.3) is 11.3 Å². The normalized spacial score (nSPS) is 10.4. The van der Waals surface area contributed by atoms with E-state index in [4.69, 9.17) is 16.3 Å². The van der Waals surface area contributed by atoms with E-state index in [9.17, 15) is 10.1 Å². The van der Waals surface area contributed by atoms with Crippen LogP contribution in [-0.2, 0) is 0 Å². The molecular formula is C13H12ClN3O3. The van der Waals surface area contributed by atoms with Crippen molar-refractivity contribution in [1.29, 1.82) is 0 Å². The van der Waals surface area contributed by atoms with Gasteiger partial charge in [0.15, 0.2) is 5.69 Å². The number of hydrogen-bond acceptors (Lipinski definition) is 5. The zero-order valence-electron chi connectivity index (χ0n) is 11.2. The molecule has 1 heterocycles. The van der Waals surface area contributed by atoms with Crippen LogP contribution < -0.4 is 4.74 Å². The standard InChI is InChI=1S/C13H12ClN3O3/c1-7-4-5-9(12(20-3)8(7)2)10-11(17(18)19)13(14)16-6-15-10/h4-6H,1-3H3. The minimum absolute atomic E-state index is 0.148. The summed E-state index contributed by atoms with van der Waals surface area (Å²) in [5.74, 6) is 0.544. The van der Waals surface area contributed by atoms with Crippen molar-refractivity contribution < 1.29 is 9.66 Å². The number of ether oxygens (including phenoxy) is 1. The monoisotopic (exact) mass is 293 g/mol. The van der Waals surface area contributed by atoms with Gasteiger partial charge in [-0.1, -0.05) is 17.7 Å². The van der Waals surface area contributed by atoms with Crippen molar-refractivity contribution in [1.82, 2.24) is 9.97 Å². The van der Waals surface area contributed by atoms with Crippen LogP contribution in [0, 0.1) is 24.0 Å². The molecule has 6 nitrogen and oxygen atoms in total. The quantitative estimate of drug-likeness (QED) is 0.493. The number of benzene rings is 1. The lowest BCUT2D eigenvalue weighted by atomic mass is 10.0. The molecule has 0 unspecified atom stereocenters. The van der Waals surface area contributed by atoms with E-state index in [0.29, 0.717) is 11.3 Å². The molecule has 0 aliphatic heterocycles. The Bertz CT molecular complexity index is 689. The van der Waals surface area contributed by atoms with Crippen molar-refractivity contribution in [2.45, 2.75) is 13.8 Å². The Morgan fingerprint density at radius 1 is 1.30 bits per heavy atom. The molecule has 0 N–H and O–H groups in total. The fraction of sp³-hybridized carbons (Fsp3) is 0.231. The topological polar surface area (TPSA) is 78.2 Å². The van der Waals surface area contributed by atoms with Gasteiger partial charge >= 0.3 is 5.69 Å². The minimum Gasteiger partial charge on any atom is -0.496 e. The maximum absolute atomic E-state index is 11.2. The molecule has 0 bridgehead atoms. The van der Waals surface area contributed by atoms with E-state index >= 15 is 0 Å². The highest BCUT2D eigenvalue weighted by Gasteiger charge is 2.25. The fourth-order valence-electron chi connectivity index (χ4n) is 1.96.